The van der Waals surface area contributed by atoms with Crippen molar-refractivity contribution in [3.8, 4) is 0 Å². The molecule has 15 heavy (non-hydrogen) atoms. The lowest BCUT2D eigenvalue weighted by Crippen LogP contribution is -2.39. The van der Waals surface area contributed by atoms with Crippen LogP contribution in [0.25, 0.3) is 0 Å². The van der Waals surface area contributed by atoms with E-state index >= 15 is 0 Å². The topological polar surface area (TPSA) is 87.3 Å². The van der Waals surface area contributed by atoms with Crippen molar-refractivity contribution in [2.24, 2.45) is 0 Å². The van der Waals surface area contributed by atoms with Crippen LogP contribution < -0.4 is 16.0 Å². The second-order valence-electron chi connectivity index (χ2n) is 3.60. The minimum Gasteiger partial charge on any atom is -0.354 e. The van der Waals surface area contributed by atoms with E-state index in [2.05, 4.69) is 16.0 Å². The summed E-state index contributed by atoms with van der Waals surface area (Å²) in [6.07, 6.45) is 0.816. The Balaban J connectivity index is 2.38. The number of urea groups is 1. The molecule has 2 atom stereocenters. The highest BCUT2D eigenvalue weighted by Gasteiger charge is 2.31. The maximum atomic E-state index is 11.4. The largest absolute Gasteiger partial charge is 0.354 e. The van der Waals surface area contributed by atoms with Gasteiger partial charge in [0.05, 0.1) is 6.42 Å². The molecule has 1 heterocycles. The number of carbonyl (C=O) groups excluding carboxylic acids is 3. The molecule has 0 aromatic heterocycles. The Hall–Kier alpha value is -1.59. The van der Waals surface area contributed by atoms with Crippen molar-refractivity contribution in [3.05, 3.63) is 0 Å². The molecule has 0 aromatic carbocycles. The normalized spacial score (nSPS) is 21.9. The van der Waals surface area contributed by atoms with Crippen LogP contribution in [0, 0.1) is 0 Å². The number of rotatable bonds is 4. The van der Waals surface area contributed by atoms with Gasteiger partial charge >= 0.3 is 6.03 Å². The Morgan fingerprint density at radius 2 is 2.20 bits per heavy atom. The van der Waals surface area contributed by atoms with Crippen molar-refractivity contribution in [3.63, 3.8) is 0 Å². The molecular weight excluding hydrogens is 198 g/mol. The Morgan fingerprint density at radius 1 is 1.53 bits per heavy atom. The van der Waals surface area contributed by atoms with Gasteiger partial charge in [-0.3, -0.25) is 14.9 Å². The van der Waals surface area contributed by atoms with Crippen molar-refractivity contribution in [2.45, 2.75) is 38.8 Å². The van der Waals surface area contributed by atoms with Gasteiger partial charge in [0, 0.05) is 6.04 Å². The summed E-state index contributed by atoms with van der Waals surface area (Å²) < 4.78 is 0. The van der Waals surface area contributed by atoms with Gasteiger partial charge < -0.3 is 10.6 Å². The summed E-state index contributed by atoms with van der Waals surface area (Å²) in [6.45, 7) is 3.83. The average Bonchev–Trinajstić information content (AvgIpc) is 2.44. The van der Waals surface area contributed by atoms with Gasteiger partial charge in [0.25, 0.3) is 5.91 Å². The van der Waals surface area contributed by atoms with Crippen molar-refractivity contribution in [1.29, 1.82) is 0 Å². The fraction of sp³-hybridized carbons (Fsp3) is 0.667. The molecule has 1 saturated heterocycles. The second kappa shape index (κ2) is 4.77. The Morgan fingerprint density at radius 3 is 2.67 bits per heavy atom. The first kappa shape index (κ1) is 11.5. The van der Waals surface area contributed by atoms with E-state index in [1.165, 1.54) is 0 Å². The highest BCUT2D eigenvalue weighted by atomic mass is 16.2. The molecule has 3 N–H and O–H groups in total. The Labute approximate surface area is 87.8 Å². The standard InChI is InChI=1S/C9H15N3O3/c1-3-5(2)10-7(13)4-6-8(14)12-9(15)11-6/h5-6H,3-4H2,1-2H3,(H,10,13)(H2,11,12,14,15). The lowest BCUT2D eigenvalue weighted by Gasteiger charge is -2.12. The third kappa shape index (κ3) is 3.23. The van der Waals surface area contributed by atoms with Crippen molar-refractivity contribution in [1.82, 2.24) is 16.0 Å². The summed E-state index contributed by atoms with van der Waals surface area (Å²) in [5.74, 6) is -0.675. The number of hydrogen-bond donors (Lipinski definition) is 3. The first-order chi connectivity index (χ1) is 7.02. The summed E-state index contributed by atoms with van der Waals surface area (Å²) in [5, 5.41) is 7.16. The van der Waals surface area contributed by atoms with E-state index in [-0.39, 0.29) is 18.4 Å². The molecule has 0 aliphatic carbocycles. The zero-order valence-electron chi connectivity index (χ0n) is 8.79. The summed E-state index contributed by atoms with van der Waals surface area (Å²) >= 11 is 0. The molecule has 84 valence electrons. The third-order valence-electron chi connectivity index (χ3n) is 2.27. The van der Waals surface area contributed by atoms with Crippen molar-refractivity contribution >= 4 is 17.8 Å². The van der Waals surface area contributed by atoms with E-state index in [1.807, 2.05) is 13.8 Å². The predicted molar refractivity (Wildman–Crippen MR) is 53.0 cm³/mol. The van der Waals surface area contributed by atoms with Crippen molar-refractivity contribution in [2.75, 3.05) is 0 Å². The van der Waals surface area contributed by atoms with Gasteiger partial charge in [0.2, 0.25) is 5.91 Å². The lowest BCUT2D eigenvalue weighted by molar-refractivity contribution is -0.126. The number of amides is 4. The van der Waals surface area contributed by atoms with E-state index in [4.69, 9.17) is 0 Å². The van der Waals surface area contributed by atoms with Gasteiger partial charge in [0.1, 0.15) is 6.04 Å². The van der Waals surface area contributed by atoms with E-state index < -0.39 is 18.0 Å². The summed E-state index contributed by atoms with van der Waals surface area (Å²) in [6, 6.07) is -1.19. The number of nitrogens with one attached hydrogen (secondary N) is 3. The minimum absolute atomic E-state index is 0.0120. The van der Waals surface area contributed by atoms with Gasteiger partial charge in [-0.1, -0.05) is 6.92 Å². The molecule has 1 aliphatic rings. The molecule has 1 fully saturated rings. The maximum absolute atomic E-state index is 11.4. The smallest absolute Gasteiger partial charge is 0.322 e. The van der Waals surface area contributed by atoms with Crippen molar-refractivity contribution < 1.29 is 14.4 Å². The quantitative estimate of drug-likeness (QED) is 0.550. The highest BCUT2D eigenvalue weighted by molar-refractivity contribution is 6.05. The summed E-state index contributed by atoms with van der Waals surface area (Å²) in [4.78, 5) is 33.2. The third-order valence-corrected chi connectivity index (χ3v) is 2.27. The molecule has 0 radical (unpaired) electrons. The molecule has 0 bridgehead atoms. The van der Waals surface area contributed by atoms with E-state index in [0.717, 1.165) is 6.42 Å². The SMILES string of the molecule is CCC(C)NC(=O)CC1NC(=O)NC1=O. The van der Waals surface area contributed by atoms with Crippen LogP contribution >= 0.6 is 0 Å². The van der Waals surface area contributed by atoms with Crippen LogP contribution in [0.4, 0.5) is 4.79 Å². The molecule has 6 heteroatoms. The van der Waals surface area contributed by atoms with Crippen LogP contribution in [-0.4, -0.2) is 29.9 Å². The Bertz CT molecular complexity index is 290. The number of hydrogen-bond acceptors (Lipinski definition) is 3. The predicted octanol–water partition coefficient (Wildman–Crippen LogP) is -0.501. The van der Waals surface area contributed by atoms with Crippen LogP contribution in [0.15, 0.2) is 0 Å². The number of imide groups is 1. The molecule has 0 aromatic rings. The van der Waals surface area contributed by atoms with Gasteiger partial charge in [-0.05, 0) is 13.3 Å². The van der Waals surface area contributed by atoms with Gasteiger partial charge in [-0.25, -0.2) is 4.79 Å². The fourth-order valence-electron chi connectivity index (χ4n) is 1.22. The van der Waals surface area contributed by atoms with E-state index in [0.29, 0.717) is 0 Å². The zero-order chi connectivity index (χ0) is 11.4. The first-order valence-corrected chi connectivity index (χ1v) is 4.93. The molecule has 1 aliphatic heterocycles. The van der Waals surface area contributed by atoms with E-state index in [9.17, 15) is 14.4 Å². The van der Waals surface area contributed by atoms with Gasteiger partial charge in [-0.2, -0.15) is 0 Å². The number of carbonyl (C=O) groups is 3. The maximum Gasteiger partial charge on any atom is 0.322 e. The summed E-state index contributed by atoms with van der Waals surface area (Å²) in [7, 11) is 0. The second-order valence-corrected chi connectivity index (χ2v) is 3.60. The van der Waals surface area contributed by atoms with Gasteiger partial charge in [-0.15, -0.1) is 0 Å². The molecule has 2 unspecified atom stereocenters. The molecule has 0 saturated carbocycles. The van der Waals surface area contributed by atoms with E-state index in [1.54, 1.807) is 0 Å². The fourth-order valence-corrected chi connectivity index (χ4v) is 1.22. The van der Waals surface area contributed by atoms with Crippen LogP contribution in [0.3, 0.4) is 0 Å². The monoisotopic (exact) mass is 213 g/mol. The lowest BCUT2D eigenvalue weighted by atomic mass is 10.2. The van der Waals surface area contributed by atoms with Crippen LogP contribution in [0.5, 0.6) is 0 Å². The molecular formula is C9H15N3O3. The Kier molecular flexibility index (Phi) is 3.65. The summed E-state index contributed by atoms with van der Waals surface area (Å²) in [5.41, 5.74) is 0. The molecule has 1 rings (SSSR count). The molecule has 4 amide bonds. The van der Waals surface area contributed by atoms with Crippen LogP contribution in [0.1, 0.15) is 26.7 Å². The minimum atomic E-state index is -0.735. The molecule has 0 spiro atoms. The van der Waals surface area contributed by atoms with Crippen LogP contribution in [-0.2, 0) is 9.59 Å². The molecule has 6 nitrogen and oxygen atoms in total. The van der Waals surface area contributed by atoms with Crippen LogP contribution in [0.2, 0.25) is 0 Å². The highest BCUT2D eigenvalue weighted by Crippen LogP contribution is 1.99. The first-order valence-electron chi connectivity index (χ1n) is 4.93. The zero-order valence-corrected chi connectivity index (χ0v) is 8.79. The average molecular weight is 213 g/mol. The van der Waals surface area contributed by atoms with Gasteiger partial charge in [0.15, 0.2) is 0 Å².